The van der Waals surface area contributed by atoms with Crippen molar-refractivity contribution >= 4 is 35.8 Å². The summed E-state index contributed by atoms with van der Waals surface area (Å²) in [4.78, 5) is 34.9. The van der Waals surface area contributed by atoms with E-state index < -0.39 is 29.2 Å². The summed E-state index contributed by atoms with van der Waals surface area (Å²) >= 11 is 1.33. The second-order valence-electron chi connectivity index (χ2n) is 7.52. The van der Waals surface area contributed by atoms with E-state index in [1.165, 1.54) is 18.0 Å². The first kappa shape index (κ1) is 26.0. The number of fused-ring (bicyclic) bond motifs is 1. The van der Waals surface area contributed by atoms with Crippen molar-refractivity contribution in [1.29, 1.82) is 0 Å². The van der Waals surface area contributed by atoms with E-state index in [4.69, 9.17) is 4.84 Å². The minimum Gasteiger partial charge on any atom is -0.862 e. The third kappa shape index (κ3) is 5.69. The molecule has 9 nitrogen and oxygen atoms in total. The number of aliphatic carboxylic acids is 1. The van der Waals surface area contributed by atoms with E-state index in [1.54, 1.807) is 12.1 Å². The Morgan fingerprint density at radius 2 is 1.97 bits per heavy atom. The molecule has 1 saturated heterocycles. The number of hydrogen-bond donors (Lipinski definition) is 0. The van der Waals surface area contributed by atoms with Gasteiger partial charge in [0.05, 0.1) is 11.7 Å². The number of carboxylic acid groups (broad SMARTS) is 1. The SMILES string of the molecule is C[n+]1ccccc1/C=N/OCC1=C(C(=O)[O-])N2C(=O)C(N=C([O-])Cc3ccccc3)C2SC1.[Na+]. The molecule has 2 aromatic rings. The first-order valence-corrected chi connectivity index (χ1v) is 11.3. The van der Waals surface area contributed by atoms with Gasteiger partial charge in [-0.05, 0) is 17.5 Å². The van der Waals surface area contributed by atoms with Crippen molar-refractivity contribution in [1.82, 2.24) is 4.90 Å². The average Bonchev–Trinajstić information content (AvgIpc) is 2.81. The number of β-lactam (4-membered cyclic amide) rings is 1. The number of oxime groups is 1. The minimum atomic E-state index is -1.47. The van der Waals surface area contributed by atoms with Crippen LogP contribution in [0.1, 0.15) is 11.3 Å². The molecule has 2 aliphatic rings. The Morgan fingerprint density at radius 1 is 1.24 bits per heavy atom. The molecule has 1 amide bonds. The van der Waals surface area contributed by atoms with Crippen molar-refractivity contribution in [2.45, 2.75) is 17.8 Å². The topological polar surface area (TPSA) is 121 Å². The Hall–Kier alpha value is -2.66. The Kier molecular flexibility index (Phi) is 8.90. The Bertz CT molecular complexity index is 1160. The van der Waals surface area contributed by atoms with Gasteiger partial charge in [0.15, 0.2) is 12.2 Å². The number of nitrogens with zero attached hydrogens (tertiary/aromatic N) is 4. The van der Waals surface area contributed by atoms with Crippen molar-refractivity contribution in [3.8, 4) is 0 Å². The largest absolute Gasteiger partial charge is 1.00 e. The molecule has 0 spiro atoms. The van der Waals surface area contributed by atoms with Gasteiger partial charge in [0.1, 0.15) is 25.2 Å². The molecule has 34 heavy (non-hydrogen) atoms. The maximum absolute atomic E-state index is 12.7. The van der Waals surface area contributed by atoms with Gasteiger partial charge in [0, 0.05) is 29.9 Å². The number of carboxylic acids is 1. The Morgan fingerprint density at radius 3 is 2.68 bits per heavy atom. The van der Waals surface area contributed by atoms with Crippen LogP contribution >= 0.6 is 11.8 Å². The van der Waals surface area contributed by atoms with Crippen molar-refractivity contribution in [3.63, 3.8) is 0 Å². The van der Waals surface area contributed by atoms with E-state index in [9.17, 15) is 19.8 Å². The fourth-order valence-corrected chi connectivity index (χ4v) is 4.91. The van der Waals surface area contributed by atoms with E-state index in [0.717, 1.165) is 16.2 Å². The van der Waals surface area contributed by atoms with Crippen molar-refractivity contribution in [2.24, 2.45) is 17.2 Å². The standard InChI is InChI=1S/C23H22N4O5S.Na/c1-26-10-6-5-9-17(26)12-24-32-13-16-14-33-22-19(21(29)27(22)20(16)23(30)31)25-18(28)11-15-7-3-2-4-8-15;/h2-10,12,19,22H,11,13-14H2,1H3,(H-,25,28,30,31);/q;+1/p-1/b24-12+;. The molecule has 1 fully saturated rings. The molecule has 11 heteroatoms. The van der Waals surface area contributed by atoms with Crippen molar-refractivity contribution in [3.05, 3.63) is 77.3 Å². The number of carbonyl (C=O) groups excluding carboxylic acids is 2. The van der Waals surface area contributed by atoms with Gasteiger partial charge in [0.25, 0.3) is 5.91 Å². The molecule has 0 radical (unpaired) electrons. The second-order valence-corrected chi connectivity index (χ2v) is 8.63. The monoisotopic (exact) mass is 488 g/mol. The number of aliphatic imine (C=N–C) groups is 1. The fraction of sp³-hybridized carbons (Fsp3) is 0.261. The quantitative estimate of drug-likeness (QED) is 0.0937. The maximum Gasteiger partial charge on any atom is 1.00 e. The molecule has 4 rings (SSSR count). The molecule has 3 heterocycles. The van der Waals surface area contributed by atoms with E-state index in [2.05, 4.69) is 10.1 Å². The van der Waals surface area contributed by atoms with Crippen LogP contribution in [0.15, 0.2) is 76.1 Å². The number of benzene rings is 1. The molecule has 0 saturated carbocycles. The van der Waals surface area contributed by atoms with Gasteiger partial charge in [-0.1, -0.05) is 35.5 Å². The van der Waals surface area contributed by atoms with Gasteiger partial charge in [0.2, 0.25) is 5.69 Å². The summed E-state index contributed by atoms with van der Waals surface area (Å²) in [6, 6.07) is 13.8. The third-order valence-electron chi connectivity index (χ3n) is 5.29. The zero-order valence-electron chi connectivity index (χ0n) is 18.8. The summed E-state index contributed by atoms with van der Waals surface area (Å²) in [6.07, 6.45) is 3.46. The van der Waals surface area contributed by atoms with Crippen LogP contribution in [0.2, 0.25) is 0 Å². The minimum absolute atomic E-state index is 0. The molecule has 2 atom stereocenters. The number of aromatic nitrogens is 1. The number of rotatable bonds is 8. The number of thioether (sulfide) groups is 1. The predicted molar refractivity (Wildman–Crippen MR) is 118 cm³/mol. The Balaban J connectivity index is 0.00000324. The van der Waals surface area contributed by atoms with Crippen LogP contribution in [0, 0.1) is 0 Å². The maximum atomic E-state index is 12.7. The number of amides is 1. The van der Waals surface area contributed by atoms with E-state index in [-0.39, 0.29) is 48.3 Å². The summed E-state index contributed by atoms with van der Waals surface area (Å²) in [5.74, 6) is -2.13. The van der Waals surface area contributed by atoms with Crippen LogP contribution in [0.25, 0.3) is 0 Å². The van der Waals surface area contributed by atoms with Gasteiger partial charge >= 0.3 is 29.6 Å². The molecule has 2 unspecified atom stereocenters. The summed E-state index contributed by atoms with van der Waals surface area (Å²) in [6.45, 7) is -0.103. The second kappa shape index (κ2) is 11.7. The normalized spacial score (nSPS) is 20.0. The molecule has 0 N–H and O–H groups in total. The smallest absolute Gasteiger partial charge is 0.862 e. The van der Waals surface area contributed by atoms with Crippen LogP contribution in [-0.2, 0) is 27.9 Å². The fourth-order valence-electron chi connectivity index (χ4n) is 3.60. The third-order valence-corrected chi connectivity index (χ3v) is 6.61. The number of aryl methyl sites for hydroxylation is 1. The van der Waals surface area contributed by atoms with Gasteiger partial charge in [-0.2, -0.15) is 0 Å². The van der Waals surface area contributed by atoms with Crippen LogP contribution in [0.5, 0.6) is 0 Å². The van der Waals surface area contributed by atoms with Gasteiger partial charge in [-0.15, -0.1) is 11.8 Å². The van der Waals surface area contributed by atoms with Crippen molar-refractivity contribution in [2.75, 3.05) is 12.4 Å². The van der Waals surface area contributed by atoms with E-state index >= 15 is 0 Å². The molecular formula is C23H21N4NaO5S. The van der Waals surface area contributed by atoms with E-state index in [1.807, 2.05) is 54.2 Å². The first-order chi connectivity index (χ1) is 16.0. The molecule has 0 bridgehead atoms. The number of hydrogen-bond acceptors (Lipinski definition) is 8. The van der Waals surface area contributed by atoms with Gasteiger partial charge in [-0.3, -0.25) is 14.7 Å². The summed E-state index contributed by atoms with van der Waals surface area (Å²) in [5, 5.41) is 27.4. The van der Waals surface area contributed by atoms with Gasteiger partial charge in [-0.25, -0.2) is 4.57 Å². The molecule has 0 aliphatic carbocycles. The molecule has 2 aliphatic heterocycles. The zero-order valence-corrected chi connectivity index (χ0v) is 21.6. The molecule has 170 valence electrons. The zero-order chi connectivity index (χ0) is 23.4. The van der Waals surface area contributed by atoms with Crippen LogP contribution in [-0.4, -0.2) is 52.7 Å². The van der Waals surface area contributed by atoms with Crippen LogP contribution < -0.4 is 44.3 Å². The Labute approximate surface area is 223 Å². The summed E-state index contributed by atoms with van der Waals surface area (Å²) < 4.78 is 1.85. The predicted octanol–water partition coefficient (Wildman–Crippen LogP) is -3.85. The van der Waals surface area contributed by atoms with Crippen molar-refractivity contribution < 1.29 is 58.8 Å². The van der Waals surface area contributed by atoms with Crippen LogP contribution in [0.4, 0.5) is 0 Å². The summed E-state index contributed by atoms with van der Waals surface area (Å²) in [7, 11) is 1.86. The van der Waals surface area contributed by atoms with E-state index in [0.29, 0.717) is 11.3 Å². The molecule has 1 aromatic carbocycles. The molecular weight excluding hydrogens is 467 g/mol. The first-order valence-electron chi connectivity index (χ1n) is 10.2. The molecule has 1 aromatic heterocycles. The summed E-state index contributed by atoms with van der Waals surface area (Å²) in [5.41, 5.74) is 1.75. The number of carbonyl (C=O) groups is 2. The number of pyridine rings is 1. The average molecular weight is 489 g/mol. The van der Waals surface area contributed by atoms with Gasteiger partial charge < -0.3 is 19.8 Å². The van der Waals surface area contributed by atoms with Crippen LogP contribution in [0.3, 0.4) is 0 Å².